The Bertz CT molecular complexity index is 775. The normalized spacial score (nSPS) is 14.6. The van der Waals surface area contributed by atoms with Gasteiger partial charge in [-0.2, -0.15) is 5.26 Å². The summed E-state index contributed by atoms with van der Waals surface area (Å²) < 4.78 is 0. The van der Waals surface area contributed by atoms with Gasteiger partial charge < -0.3 is 0 Å². The third kappa shape index (κ3) is 5.42. The van der Waals surface area contributed by atoms with Gasteiger partial charge in [-0.05, 0) is 30.9 Å². The molecular weight excluding hydrogens is 334 g/mol. The third-order valence-electron chi connectivity index (χ3n) is 4.91. The second-order valence-corrected chi connectivity index (χ2v) is 8.11. The highest BCUT2D eigenvalue weighted by Gasteiger charge is 2.37. The Morgan fingerprint density at radius 2 is 1.56 bits per heavy atom. The van der Waals surface area contributed by atoms with Crippen LogP contribution in [0.25, 0.3) is 0 Å². The standard InChI is InChI=1S/C23H29N3O/c1-22(2,3)21(27)26-25-20(16-15-18-11-7-5-8-12-18)23(4,17-24)19-13-9-6-10-14-19/h5-14,20,25H,15-16H2,1-4H3,(H,26,27)/t20-,23+/m0/s1. The summed E-state index contributed by atoms with van der Waals surface area (Å²) in [6.45, 7) is 7.52. The Kier molecular flexibility index (Phi) is 6.76. The van der Waals surface area contributed by atoms with E-state index >= 15 is 0 Å². The largest absolute Gasteiger partial charge is 0.291 e. The van der Waals surface area contributed by atoms with E-state index in [1.165, 1.54) is 5.56 Å². The number of benzene rings is 2. The molecule has 1 amide bonds. The molecule has 0 radical (unpaired) electrons. The molecule has 4 heteroatoms. The van der Waals surface area contributed by atoms with Crippen molar-refractivity contribution >= 4 is 5.91 Å². The van der Waals surface area contributed by atoms with Crippen molar-refractivity contribution < 1.29 is 4.79 Å². The molecule has 4 nitrogen and oxygen atoms in total. The highest BCUT2D eigenvalue weighted by molar-refractivity contribution is 5.80. The van der Waals surface area contributed by atoms with E-state index in [2.05, 4.69) is 29.1 Å². The van der Waals surface area contributed by atoms with E-state index in [1.807, 2.05) is 76.2 Å². The molecule has 27 heavy (non-hydrogen) atoms. The lowest BCUT2D eigenvalue weighted by atomic mass is 9.75. The Hall–Kier alpha value is -2.64. The molecule has 0 spiro atoms. The van der Waals surface area contributed by atoms with Gasteiger partial charge in [0.25, 0.3) is 0 Å². The van der Waals surface area contributed by atoms with Crippen LogP contribution in [0.15, 0.2) is 60.7 Å². The highest BCUT2D eigenvalue weighted by atomic mass is 16.2. The van der Waals surface area contributed by atoms with Gasteiger partial charge >= 0.3 is 0 Å². The maximum absolute atomic E-state index is 12.3. The minimum atomic E-state index is -0.777. The summed E-state index contributed by atoms with van der Waals surface area (Å²) in [4.78, 5) is 12.3. The number of aryl methyl sites for hydroxylation is 1. The zero-order valence-corrected chi connectivity index (χ0v) is 16.6. The van der Waals surface area contributed by atoms with Crippen LogP contribution in [0.4, 0.5) is 0 Å². The van der Waals surface area contributed by atoms with Crippen LogP contribution in [0.3, 0.4) is 0 Å². The number of nitrogens with one attached hydrogen (secondary N) is 2. The van der Waals surface area contributed by atoms with Crippen LogP contribution in [-0.2, 0) is 16.6 Å². The van der Waals surface area contributed by atoms with Crippen LogP contribution in [0, 0.1) is 16.7 Å². The fraction of sp³-hybridized carbons (Fsp3) is 0.391. The van der Waals surface area contributed by atoms with Crippen LogP contribution < -0.4 is 10.9 Å². The first-order valence-corrected chi connectivity index (χ1v) is 9.34. The van der Waals surface area contributed by atoms with E-state index < -0.39 is 10.8 Å². The first kappa shape index (κ1) is 20.7. The van der Waals surface area contributed by atoms with E-state index in [1.54, 1.807) is 0 Å². The second-order valence-electron chi connectivity index (χ2n) is 8.11. The van der Waals surface area contributed by atoms with E-state index in [-0.39, 0.29) is 11.9 Å². The van der Waals surface area contributed by atoms with Gasteiger partial charge in [0.1, 0.15) is 0 Å². The van der Waals surface area contributed by atoms with E-state index in [0.717, 1.165) is 12.0 Å². The van der Waals surface area contributed by atoms with E-state index in [4.69, 9.17) is 0 Å². The van der Waals surface area contributed by atoms with E-state index in [0.29, 0.717) is 6.42 Å². The van der Waals surface area contributed by atoms with Gasteiger partial charge in [-0.25, -0.2) is 5.43 Å². The van der Waals surface area contributed by atoms with Gasteiger partial charge in [-0.3, -0.25) is 10.2 Å². The molecule has 0 bridgehead atoms. The first-order valence-electron chi connectivity index (χ1n) is 9.34. The molecule has 0 aliphatic carbocycles. The molecule has 142 valence electrons. The number of hydrogen-bond donors (Lipinski definition) is 2. The van der Waals surface area contributed by atoms with Crippen LogP contribution in [0.2, 0.25) is 0 Å². The van der Waals surface area contributed by atoms with Crippen LogP contribution in [-0.4, -0.2) is 11.9 Å². The summed E-state index contributed by atoms with van der Waals surface area (Å²) in [5.74, 6) is -0.0967. The zero-order chi connectivity index (χ0) is 19.9. The summed E-state index contributed by atoms with van der Waals surface area (Å²) >= 11 is 0. The highest BCUT2D eigenvalue weighted by Crippen LogP contribution is 2.29. The number of amides is 1. The summed E-state index contributed by atoms with van der Waals surface area (Å²) in [5.41, 5.74) is 6.85. The third-order valence-corrected chi connectivity index (χ3v) is 4.91. The molecule has 0 saturated heterocycles. The van der Waals surface area contributed by atoms with E-state index in [9.17, 15) is 10.1 Å². The fourth-order valence-corrected chi connectivity index (χ4v) is 2.93. The molecule has 0 saturated carbocycles. The molecule has 0 aliphatic rings. The molecule has 0 unspecified atom stereocenters. The van der Waals surface area contributed by atoms with Crippen molar-refractivity contribution in [3.8, 4) is 6.07 Å². The van der Waals surface area contributed by atoms with Gasteiger partial charge in [-0.15, -0.1) is 0 Å². The molecule has 0 fully saturated rings. The SMILES string of the molecule is CC(C)(C)C(=O)NN[C@@H](CCc1ccccc1)[C@](C)(C#N)c1ccccc1. The van der Waals surface area contributed by atoms with Crippen molar-refractivity contribution in [2.45, 2.75) is 52.0 Å². The van der Waals surface area contributed by atoms with Crippen molar-refractivity contribution in [1.29, 1.82) is 5.26 Å². The number of carbonyl (C=O) groups is 1. The van der Waals surface area contributed by atoms with Crippen LogP contribution in [0.1, 0.15) is 45.2 Å². The summed E-state index contributed by atoms with van der Waals surface area (Å²) in [6, 6.07) is 22.2. The summed E-state index contributed by atoms with van der Waals surface area (Å²) in [5, 5.41) is 10.0. The van der Waals surface area contributed by atoms with Gasteiger partial charge in [0.15, 0.2) is 0 Å². The van der Waals surface area contributed by atoms with Crippen LogP contribution in [0.5, 0.6) is 0 Å². The maximum Gasteiger partial charge on any atom is 0.239 e. The topological polar surface area (TPSA) is 64.9 Å². The molecule has 0 aliphatic heterocycles. The van der Waals surface area contributed by atoms with Crippen molar-refractivity contribution in [2.75, 3.05) is 0 Å². The quantitative estimate of drug-likeness (QED) is 0.727. The monoisotopic (exact) mass is 363 g/mol. The summed E-state index contributed by atoms with van der Waals surface area (Å²) in [6.07, 6.45) is 1.53. The molecule has 2 rings (SSSR count). The Balaban J connectivity index is 2.24. The molecular formula is C23H29N3O. The second kappa shape index (κ2) is 8.83. The number of rotatable bonds is 7. The van der Waals surface area contributed by atoms with Gasteiger partial charge in [0.05, 0.1) is 11.5 Å². The van der Waals surface area contributed by atoms with Gasteiger partial charge in [-0.1, -0.05) is 81.4 Å². The average molecular weight is 364 g/mol. The average Bonchev–Trinajstić information content (AvgIpc) is 2.68. The van der Waals surface area contributed by atoms with Gasteiger partial charge in [0, 0.05) is 11.5 Å². The minimum absolute atomic E-state index is 0.0967. The zero-order valence-electron chi connectivity index (χ0n) is 16.6. The minimum Gasteiger partial charge on any atom is -0.291 e. The number of hydrazine groups is 1. The van der Waals surface area contributed by atoms with Crippen molar-refractivity contribution in [3.63, 3.8) is 0 Å². The molecule has 0 heterocycles. The number of carbonyl (C=O) groups excluding carboxylic acids is 1. The predicted octanol–water partition coefficient (Wildman–Crippen LogP) is 4.14. The summed E-state index contributed by atoms with van der Waals surface area (Å²) in [7, 11) is 0. The number of hydrogen-bond acceptors (Lipinski definition) is 3. The van der Waals surface area contributed by atoms with Crippen LogP contribution >= 0.6 is 0 Å². The Morgan fingerprint density at radius 1 is 1.00 bits per heavy atom. The maximum atomic E-state index is 12.3. The Morgan fingerprint density at radius 3 is 2.07 bits per heavy atom. The number of nitriles is 1. The lowest BCUT2D eigenvalue weighted by molar-refractivity contribution is -0.129. The van der Waals surface area contributed by atoms with Gasteiger partial charge in [0.2, 0.25) is 5.91 Å². The number of nitrogens with zero attached hydrogens (tertiary/aromatic N) is 1. The molecule has 2 N–H and O–H groups in total. The fourth-order valence-electron chi connectivity index (χ4n) is 2.93. The first-order chi connectivity index (χ1) is 12.8. The smallest absolute Gasteiger partial charge is 0.239 e. The predicted molar refractivity (Wildman–Crippen MR) is 109 cm³/mol. The van der Waals surface area contributed by atoms with Crippen molar-refractivity contribution in [2.24, 2.45) is 5.41 Å². The molecule has 0 aromatic heterocycles. The molecule has 2 aromatic rings. The molecule has 2 atom stereocenters. The van der Waals surface area contributed by atoms with Crippen molar-refractivity contribution in [1.82, 2.24) is 10.9 Å². The Labute approximate surface area is 162 Å². The lowest BCUT2D eigenvalue weighted by Gasteiger charge is -2.34. The van der Waals surface area contributed by atoms with Crippen molar-refractivity contribution in [3.05, 3.63) is 71.8 Å². The lowest BCUT2D eigenvalue weighted by Crippen LogP contribution is -2.55. The molecule has 2 aromatic carbocycles.